The summed E-state index contributed by atoms with van der Waals surface area (Å²) in [6.45, 7) is 4.13. The zero-order valence-electron chi connectivity index (χ0n) is 53.7. The second kappa shape index (κ2) is 62.2. The van der Waals surface area contributed by atoms with E-state index in [2.05, 4.69) is 123 Å². The molecule has 0 aromatic heterocycles. The van der Waals surface area contributed by atoms with Crippen molar-refractivity contribution in [1.29, 1.82) is 0 Å². The van der Waals surface area contributed by atoms with Gasteiger partial charge in [-0.1, -0.05) is 277 Å². The Labute approximate surface area is 506 Å². The Morgan fingerprint density at radius 3 is 1.04 bits per heavy atom. The van der Waals surface area contributed by atoms with Crippen molar-refractivity contribution in [1.82, 2.24) is 0 Å². The van der Waals surface area contributed by atoms with Gasteiger partial charge in [-0.25, -0.2) is 0 Å². The number of quaternary nitrogens is 1. The van der Waals surface area contributed by atoms with Crippen LogP contribution in [-0.2, 0) is 32.7 Å². The van der Waals surface area contributed by atoms with E-state index in [-0.39, 0.29) is 32.0 Å². The van der Waals surface area contributed by atoms with Gasteiger partial charge in [0.25, 0.3) is 7.82 Å². The monoisotopic (exact) mass is 1160 g/mol. The molecule has 2 unspecified atom stereocenters. The van der Waals surface area contributed by atoms with E-state index >= 15 is 0 Å². The first-order valence-electron chi connectivity index (χ1n) is 33.6. The molecule has 0 aromatic carbocycles. The number of carbonyl (C=O) groups excluding carboxylic acids is 2. The standard InChI is InChI=1S/C72H126NO8P/c1-6-8-10-12-14-16-18-20-22-24-26-28-30-32-33-34-35-36-37-38-39-41-43-45-47-49-51-53-55-57-59-61-63-65-72(75)81-70(69-80-82(76,77)79-67-66-73(3,4)5)68-78-71(74)64-62-60-58-56-54-52-50-48-46-44-42-40-31-29-27-25-23-21-19-17-15-13-11-9-7-2/h8,10,14,16,19-22,25-28,32-33,35-36,38-39,70H,6-7,9,11-13,15,17-18,23-24,29-31,34,37,40-69H2,1-5H3/b10-8-,16-14-,21-19-,22-20-,27-25-,28-26-,33-32-,36-35-,39-38-. The first-order valence-corrected chi connectivity index (χ1v) is 35.1. The van der Waals surface area contributed by atoms with Crippen molar-refractivity contribution in [3.8, 4) is 0 Å². The van der Waals surface area contributed by atoms with Crippen LogP contribution in [0.3, 0.4) is 0 Å². The number of hydrogen-bond donors (Lipinski definition) is 0. The molecular weight excluding hydrogens is 1040 g/mol. The molecule has 0 spiro atoms. The van der Waals surface area contributed by atoms with Gasteiger partial charge in [0.05, 0.1) is 27.7 Å². The fourth-order valence-corrected chi connectivity index (χ4v) is 9.87. The van der Waals surface area contributed by atoms with Crippen molar-refractivity contribution in [3.05, 3.63) is 109 Å². The Morgan fingerprint density at radius 1 is 0.390 bits per heavy atom. The summed E-state index contributed by atoms with van der Waals surface area (Å²) in [6, 6.07) is 0. The lowest BCUT2D eigenvalue weighted by atomic mass is 10.0. The molecule has 0 saturated carbocycles. The molecular formula is C72H126NO8P. The molecule has 82 heavy (non-hydrogen) atoms. The van der Waals surface area contributed by atoms with Gasteiger partial charge in [-0.15, -0.1) is 0 Å². The molecule has 0 saturated heterocycles. The molecule has 10 heteroatoms. The molecule has 0 bridgehead atoms. The zero-order chi connectivity index (χ0) is 59.8. The Bertz CT molecular complexity index is 1750. The van der Waals surface area contributed by atoms with Gasteiger partial charge in [-0.2, -0.15) is 0 Å². The van der Waals surface area contributed by atoms with Crippen LogP contribution in [0, 0.1) is 0 Å². The lowest BCUT2D eigenvalue weighted by Crippen LogP contribution is -2.37. The van der Waals surface area contributed by atoms with E-state index < -0.39 is 26.5 Å². The van der Waals surface area contributed by atoms with Gasteiger partial charge in [-0.05, 0) is 103 Å². The average molecular weight is 1160 g/mol. The third-order valence-electron chi connectivity index (χ3n) is 14.3. The molecule has 9 nitrogen and oxygen atoms in total. The molecule has 0 aromatic rings. The molecule has 0 aliphatic heterocycles. The van der Waals surface area contributed by atoms with Crippen LogP contribution in [0.4, 0.5) is 0 Å². The molecule has 0 aliphatic rings. The van der Waals surface area contributed by atoms with E-state index in [0.717, 1.165) is 96.3 Å². The van der Waals surface area contributed by atoms with Crippen LogP contribution in [0.1, 0.15) is 284 Å². The van der Waals surface area contributed by atoms with E-state index in [0.29, 0.717) is 17.4 Å². The van der Waals surface area contributed by atoms with Gasteiger partial charge < -0.3 is 27.9 Å². The number of ether oxygens (including phenoxy) is 2. The fraction of sp³-hybridized carbons (Fsp3) is 0.722. The van der Waals surface area contributed by atoms with Crippen molar-refractivity contribution in [2.75, 3.05) is 47.5 Å². The maximum Gasteiger partial charge on any atom is 0.306 e. The largest absolute Gasteiger partial charge is 0.756 e. The van der Waals surface area contributed by atoms with Gasteiger partial charge in [0.1, 0.15) is 19.8 Å². The highest BCUT2D eigenvalue weighted by molar-refractivity contribution is 7.45. The summed E-state index contributed by atoms with van der Waals surface area (Å²) < 4.78 is 34.3. The SMILES string of the molecule is CC/C=C\C/C=C\C/C=C\C/C=C\C/C=C\C/C=C\C/C=C\CCCCCCCCCCCCCC(=O)OC(COC(=O)CCCCCCCCCCCCCCC/C=C\C/C=C\CCCCCCC)COP(=O)([O-])OCC[N+](C)(C)C. The summed E-state index contributed by atoms with van der Waals surface area (Å²) in [4.78, 5) is 38.0. The number of esters is 2. The molecule has 0 rings (SSSR count). The van der Waals surface area contributed by atoms with Gasteiger partial charge in [0.15, 0.2) is 6.10 Å². The number of unbranched alkanes of at least 4 members (excludes halogenated alkanes) is 29. The quantitative estimate of drug-likeness (QED) is 0.0195. The number of rotatable bonds is 61. The smallest absolute Gasteiger partial charge is 0.306 e. The van der Waals surface area contributed by atoms with Gasteiger partial charge in [-0.3, -0.25) is 14.2 Å². The number of phosphoric acid groups is 1. The molecule has 2 atom stereocenters. The topological polar surface area (TPSA) is 111 Å². The normalized spacial score (nSPS) is 13.9. The number of nitrogens with zero attached hydrogens (tertiary/aromatic N) is 1. The number of carbonyl (C=O) groups is 2. The first kappa shape index (κ1) is 78.7. The third kappa shape index (κ3) is 65.8. The minimum absolute atomic E-state index is 0.0354. The van der Waals surface area contributed by atoms with E-state index in [9.17, 15) is 19.0 Å². The highest BCUT2D eigenvalue weighted by Crippen LogP contribution is 2.38. The highest BCUT2D eigenvalue weighted by atomic mass is 31.2. The highest BCUT2D eigenvalue weighted by Gasteiger charge is 2.22. The van der Waals surface area contributed by atoms with Gasteiger partial charge >= 0.3 is 11.9 Å². The molecule has 0 aliphatic carbocycles. The van der Waals surface area contributed by atoms with Crippen LogP contribution in [0.2, 0.25) is 0 Å². The van der Waals surface area contributed by atoms with Crippen LogP contribution in [0.25, 0.3) is 0 Å². The molecule has 0 fully saturated rings. The van der Waals surface area contributed by atoms with Crippen LogP contribution in [0.5, 0.6) is 0 Å². The Morgan fingerprint density at radius 2 is 0.695 bits per heavy atom. The summed E-state index contributed by atoms with van der Waals surface area (Å²) in [6.07, 6.45) is 87.2. The van der Waals surface area contributed by atoms with Crippen LogP contribution >= 0.6 is 7.82 Å². The zero-order valence-corrected chi connectivity index (χ0v) is 54.6. The Balaban J connectivity index is 4.11. The maximum atomic E-state index is 12.9. The first-order chi connectivity index (χ1) is 40.0. The number of likely N-dealkylation sites (N-methyl/N-ethyl adjacent to an activating group) is 1. The summed E-state index contributed by atoms with van der Waals surface area (Å²) in [5.74, 6) is -0.835. The third-order valence-corrected chi connectivity index (χ3v) is 15.2. The van der Waals surface area contributed by atoms with Crippen molar-refractivity contribution in [2.45, 2.75) is 290 Å². The second-order valence-electron chi connectivity index (χ2n) is 23.5. The summed E-state index contributed by atoms with van der Waals surface area (Å²) in [5.41, 5.74) is 0. The molecule has 0 heterocycles. The van der Waals surface area contributed by atoms with Crippen molar-refractivity contribution < 1.29 is 42.1 Å². The molecule has 472 valence electrons. The van der Waals surface area contributed by atoms with Crippen LogP contribution < -0.4 is 4.89 Å². The van der Waals surface area contributed by atoms with Crippen molar-refractivity contribution >= 4 is 19.8 Å². The lowest BCUT2D eigenvalue weighted by Gasteiger charge is -2.28. The predicted octanol–water partition coefficient (Wildman–Crippen LogP) is 21.1. The van der Waals surface area contributed by atoms with Gasteiger partial charge in [0.2, 0.25) is 0 Å². The Hall–Kier alpha value is -3.33. The van der Waals surface area contributed by atoms with E-state index in [4.69, 9.17) is 18.5 Å². The molecule has 0 amide bonds. The molecule has 0 radical (unpaired) electrons. The number of phosphoric ester groups is 1. The van der Waals surface area contributed by atoms with Gasteiger partial charge in [0, 0.05) is 12.8 Å². The van der Waals surface area contributed by atoms with Crippen LogP contribution in [-0.4, -0.2) is 70.0 Å². The van der Waals surface area contributed by atoms with E-state index in [1.807, 2.05) is 21.1 Å². The number of allylic oxidation sites excluding steroid dienone is 18. The molecule has 0 N–H and O–H groups in total. The predicted molar refractivity (Wildman–Crippen MR) is 351 cm³/mol. The summed E-state index contributed by atoms with van der Waals surface area (Å²) in [5, 5.41) is 0. The average Bonchev–Trinajstić information content (AvgIpc) is 3.46. The number of hydrogen-bond acceptors (Lipinski definition) is 8. The van der Waals surface area contributed by atoms with E-state index in [1.54, 1.807) is 0 Å². The maximum absolute atomic E-state index is 12.9. The van der Waals surface area contributed by atoms with Crippen molar-refractivity contribution in [3.63, 3.8) is 0 Å². The van der Waals surface area contributed by atoms with Crippen LogP contribution in [0.15, 0.2) is 109 Å². The van der Waals surface area contributed by atoms with Crippen molar-refractivity contribution in [2.24, 2.45) is 0 Å². The fourth-order valence-electron chi connectivity index (χ4n) is 9.14. The summed E-state index contributed by atoms with van der Waals surface area (Å²) in [7, 11) is 1.16. The lowest BCUT2D eigenvalue weighted by molar-refractivity contribution is -0.870. The van der Waals surface area contributed by atoms with E-state index in [1.165, 1.54) is 154 Å². The second-order valence-corrected chi connectivity index (χ2v) is 24.9. The Kier molecular flexibility index (Phi) is 59.7. The minimum atomic E-state index is -4.65. The minimum Gasteiger partial charge on any atom is -0.756 e. The summed E-state index contributed by atoms with van der Waals surface area (Å²) >= 11 is 0.